The van der Waals surface area contributed by atoms with Gasteiger partial charge in [-0.05, 0) is 61.7 Å². The van der Waals surface area contributed by atoms with Gasteiger partial charge in [0, 0.05) is 36.1 Å². The van der Waals surface area contributed by atoms with Crippen molar-refractivity contribution in [3.63, 3.8) is 0 Å². The van der Waals surface area contributed by atoms with Crippen LogP contribution in [0.15, 0.2) is 46.3 Å². The molecule has 0 radical (unpaired) electrons. The van der Waals surface area contributed by atoms with E-state index in [2.05, 4.69) is 4.99 Å². The Morgan fingerprint density at radius 3 is 2.39 bits per heavy atom. The van der Waals surface area contributed by atoms with Crippen LogP contribution >= 0.6 is 34.5 Å². The minimum atomic E-state index is -3.60. The number of rotatable bonds is 3. The Morgan fingerprint density at radius 1 is 1.10 bits per heavy atom. The van der Waals surface area contributed by atoms with Gasteiger partial charge in [0.2, 0.25) is 10.0 Å². The predicted octanol–water partition coefficient (Wildman–Crippen LogP) is 4.38. The third kappa shape index (κ3) is 4.45. The first-order valence-corrected chi connectivity index (χ1v) is 12.8. The number of hydrogen-bond acceptors (Lipinski definition) is 4. The Morgan fingerprint density at radius 2 is 1.74 bits per heavy atom. The number of fused-ring (bicyclic) bond motifs is 1. The lowest BCUT2D eigenvalue weighted by molar-refractivity contribution is -0.122. The van der Waals surface area contributed by atoms with E-state index < -0.39 is 10.0 Å². The van der Waals surface area contributed by atoms with E-state index in [9.17, 15) is 13.2 Å². The van der Waals surface area contributed by atoms with Crippen molar-refractivity contribution in [2.45, 2.75) is 24.7 Å². The largest absolute Gasteiger partial charge is 0.319 e. The second kappa shape index (κ2) is 8.67. The number of halogens is 2. The third-order valence-electron chi connectivity index (χ3n) is 5.51. The van der Waals surface area contributed by atoms with E-state index in [1.807, 2.05) is 30.7 Å². The number of sulfonamides is 1. The number of aryl methyl sites for hydroxylation is 2. The molecule has 1 aliphatic rings. The molecule has 0 atom stereocenters. The van der Waals surface area contributed by atoms with E-state index in [1.165, 1.54) is 27.8 Å². The summed E-state index contributed by atoms with van der Waals surface area (Å²) in [6, 6.07) is 9.88. The number of benzene rings is 2. The summed E-state index contributed by atoms with van der Waals surface area (Å²) in [5, 5.41) is 1.13. The number of aromatic nitrogens is 1. The number of piperidine rings is 1. The van der Waals surface area contributed by atoms with Gasteiger partial charge in [-0.25, -0.2) is 8.42 Å². The molecule has 31 heavy (non-hydrogen) atoms. The van der Waals surface area contributed by atoms with Crippen molar-refractivity contribution in [2.24, 2.45) is 18.0 Å². The van der Waals surface area contributed by atoms with E-state index in [1.54, 1.807) is 12.1 Å². The van der Waals surface area contributed by atoms with Crippen LogP contribution in [-0.4, -0.2) is 36.3 Å². The van der Waals surface area contributed by atoms with E-state index in [0.29, 0.717) is 27.7 Å². The summed E-state index contributed by atoms with van der Waals surface area (Å²) in [5.74, 6) is -0.513. The fourth-order valence-corrected chi connectivity index (χ4v) is 6.93. The van der Waals surface area contributed by atoms with Gasteiger partial charge in [-0.1, -0.05) is 34.5 Å². The van der Waals surface area contributed by atoms with Crippen LogP contribution in [0.2, 0.25) is 10.0 Å². The molecule has 10 heteroatoms. The maximum absolute atomic E-state index is 12.8. The molecule has 1 saturated heterocycles. The molecule has 1 aliphatic heterocycles. The van der Waals surface area contributed by atoms with Gasteiger partial charge in [0.25, 0.3) is 5.91 Å². The molecule has 0 spiro atoms. The van der Waals surface area contributed by atoms with Crippen molar-refractivity contribution in [1.82, 2.24) is 8.87 Å². The van der Waals surface area contributed by atoms with Crippen molar-refractivity contribution < 1.29 is 13.2 Å². The molecular formula is C21H21Cl2N3O3S2. The van der Waals surface area contributed by atoms with Gasteiger partial charge < -0.3 is 4.57 Å². The molecule has 164 valence electrons. The van der Waals surface area contributed by atoms with Gasteiger partial charge in [0.15, 0.2) is 4.80 Å². The van der Waals surface area contributed by atoms with Crippen molar-refractivity contribution in [1.29, 1.82) is 0 Å². The Kier molecular flexibility index (Phi) is 6.29. The number of amides is 1. The molecule has 6 nitrogen and oxygen atoms in total. The highest BCUT2D eigenvalue weighted by Gasteiger charge is 2.32. The zero-order chi connectivity index (χ0) is 22.3. The second-order valence-corrected chi connectivity index (χ2v) is 11.4. The first-order valence-electron chi connectivity index (χ1n) is 9.77. The molecule has 1 amide bonds. The standard InChI is InChI=1S/C21H21Cl2N3O3S2/c1-13-11-16(23)12-18-19(13)25(2)21(30-18)24-20(27)14-7-9-26(10-8-14)31(28,29)17-5-3-15(22)4-6-17/h3-6,11-12,14H,7-10H2,1-2H3. The molecule has 0 aliphatic carbocycles. The summed E-state index contributed by atoms with van der Waals surface area (Å²) in [5.41, 5.74) is 2.03. The number of nitrogens with zero attached hydrogens (tertiary/aromatic N) is 3. The van der Waals surface area contributed by atoms with Crippen LogP contribution in [0, 0.1) is 12.8 Å². The van der Waals surface area contributed by atoms with Gasteiger partial charge in [0.05, 0.1) is 15.1 Å². The summed E-state index contributed by atoms with van der Waals surface area (Å²) in [6.45, 7) is 2.54. The Hall–Kier alpha value is -1.71. The normalized spacial score (nSPS) is 16.8. The van der Waals surface area contributed by atoms with Crippen LogP contribution in [0.25, 0.3) is 10.2 Å². The van der Waals surface area contributed by atoms with Gasteiger partial charge in [-0.3, -0.25) is 4.79 Å². The van der Waals surface area contributed by atoms with Gasteiger partial charge >= 0.3 is 0 Å². The molecule has 4 rings (SSSR count). The number of carbonyl (C=O) groups is 1. The van der Waals surface area contributed by atoms with Gasteiger partial charge in [0.1, 0.15) is 0 Å². The quantitative estimate of drug-likeness (QED) is 0.538. The Labute approximate surface area is 194 Å². The highest BCUT2D eigenvalue weighted by atomic mass is 35.5. The first-order chi connectivity index (χ1) is 14.7. The molecule has 1 fully saturated rings. The monoisotopic (exact) mass is 497 g/mol. The van der Waals surface area contributed by atoms with Crippen LogP contribution in [0.3, 0.4) is 0 Å². The molecule has 1 aromatic heterocycles. The topological polar surface area (TPSA) is 71.7 Å². The minimum Gasteiger partial charge on any atom is -0.319 e. The molecule has 0 unspecified atom stereocenters. The number of hydrogen-bond donors (Lipinski definition) is 0. The fraction of sp³-hybridized carbons (Fsp3) is 0.333. The highest BCUT2D eigenvalue weighted by molar-refractivity contribution is 7.89. The van der Waals surface area contributed by atoms with E-state index in [4.69, 9.17) is 23.2 Å². The van der Waals surface area contributed by atoms with Crippen molar-refractivity contribution in [3.05, 3.63) is 56.8 Å². The zero-order valence-electron chi connectivity index (χ0n) is 17.0. The number of carbonyl (C=O) groups excluding carboxylic acids is 1. The van der Waals surface area contributed by atoms with Crippen molar-refractivity contribution in [2.75, 3.05) is 13.1 Å². The van der Waals surface area contributed by atoms with Gasteiger partial charge in [-0.2, -0.15) is 9.30 Å². The summed E-state index contributed by atoms with van der Waals surface area (Å²) in [4.78, 5) is 18.0. The zero-order valence-corrected chi connectivity index (χ0v) is 20.2. The lowest BCUT2D eigenvalue weighted by atomic mass is 9.98. The summed E-state index contributed by atoms with van der Waals surface area (Å²) in [6.07, 6.45) is 0.878. The SMILES string of the molecule is Cc1cc(Cl)cc2sc(=NC(=O)C3CCN(S(=O)(=O)c4ccc(Cl)cc4)CC3)n(C)c12. The maximum atomic E-state index is 12.8. The molecule has 2 heterocycles. The Balaban J connectivity index is 1.51. The lowest BCUT2D eigenvalue weighted by Crippen LogP contribution is -2.40. The maximum Gasteiger partial charge on any atom is 0.251 e. The van der Waals surface area contributed by atoms with Crippen molar-refractivity contribution in [3.8, 4) is 0 Å². The van der Waals surface area contributed by atoms with Gasteiger partial charge in [-0.15, -0.1) is 0 Å². The summed E-state index contributed by atoms with van der Waals surface area (Å²) in [7, 11) is -1.72. The van der Waals surface area contributed by atoms with Crippen LogP contribution in [0.5, 0.6) is 0 Å². The van der Waals surface area contributed by atoms with E-state index in [-0.39, 0.29) is 29.8 Å². The smallest absolute Gasteiger partial charge is 0.251 e. The third-order valence-corrected chi connectivity index (χ3v) is 8.98. The van der Waals surface area contributed by atoms with Crippen LogP contribution in [-0.2, 0) is 21.9 Å². The van der Waals surface area contributed by atoms with Crippen LogP contribution < -0.4 is 4.80 Å². The predicted molar refractivity (Wildman–Crippen MR) is 124 cm³/mol. The lowest BCUT2D eigenvalue weighted by Gasteiger charge is -2.29. The second-order valence-electron chi connectivity index (χ2n) is 7.60. The molecular weight excluding hydrogens is 477 g/mol. The molecule has 2 aromatic carbocycles. The number of thiazole rings is 1. The summed E-state index contributed by atoms with van der Waals surface area (Å²) >= 11 is 13.4. The molecule has 0 N–H and O–H groups in total. The van der Waals surface area contributed by atoms with E-state index >= 15 is 0 Å². The van der Waals surface area contributed by atoms with Crippen molar-refractivity contribution >= 4 is 60.7 Å². The van der Waals surface area contributed by atoms with Crippen LogP contribution in [0.1, 0.15) is 18.4 Å². The average molecular weight is 498 g/mol. The fourth-order valence-electron chi connectivity index (χ4n) is 3.86. The van der Waals surface area contributed by atoms with Crippen LogP contribution in [0.4, 0.5) is 0 Å². The molecule has 3 aromatic rings. The highest BCUT2D eigenvalue weighted by Crippen LogP contribution is 2.27. The van der Waals surface area contributed by atoms with E-state index in [0.717, 1.165) is 15.8 Å². The first kappa shape index (κ1) is 22.5. The molecule has 0 bridgehead atoms. The average Bonchev–Trinajstić information content (AvgIpc) is 3.03. The molecule has 0 saturated carbocycles. The Bertz CT molecular complexity index is 1320. The minimum absolute atomic E-state index is 0.206. The summed E-state index contributed by atoms with van der Waals surface area (Å²) < 4.78 is 30.0.